The minimum atomic E-state index is -0.622. The van der Waals surface area contributed by atoms with Gasteiger partial charge in [0, 0.05) is 22.6 Å². The van der Waals surface area contributed by atoms with Gasteiger partial charge in [-0.3, -0.25) is 9.59 Å². The second kappa shape index (κ2) is 10.5. The number of amides is 2. The highest BCUT2D eigenvalue weighted by molar-refractivity contribution is 6.31. The monoisotopic (exact) mass is 420 g/mol. The van der Waals surface area contributed by atoms with E-state index >= 15 is 0 Å². The van der Waals surface area contributed by atoms with Crippen molar-refractivity contribution < 1.29 is 9.59 Å². The van der Waals surface area contributed by atoms with Crippen molar-refractivity contribution in [2.24, 2.45) is 0 Å². The molecule has 0 aliphatic carbocycles. The van der Waals surface area contributed by atoms with E-state index in [1.165, 1.54) is 0 Å². The number of hydrogen-bond acceptors (Lipinski definition) is 2. The van der Waals surface area contributed by atoms with Gasteiger partial charge >= 0.3 is 0 Å². The van der Waals surface area contributed by atoms with Gasteiger partial charge in [0.15, 0.2) is 0 Å². The van der Waals surface area contributed by atoms with E-state index in [0.29, 0.717) is 16.6 Å². The minimum absolute atomic E-state index is 0.0432. The van der Waals surface area contributed by atoms with Crippen molar-refractivity contribution in [1.82, 2.24) is 10.2 Å². The molecule has 0 spiro atoms. The van der Waals surface area contributed by atoms with Crippen molar-refractivity contribution in [3.05, 3.63) is 69.7 Å². The molecule has 0 unspecified atom stereocenters. The fourth-order valence-electron chi connectivity index (χ4n) is 2.79. The number of benzene rings is 2. The van der Waals surface area contributed by atoms with Crippen LogP contribution in [0.15, 0.2) is 48.5 Å². The molecule has 2 aromatic rings. The van der Waals surface area contributed by atoms with Crippen molar-refractivity contribution in [3.63, 3.8) is 0 Å². The van der Waals surface area contributed by atoms with Crippen LogP contribution < -0.4 is 5.32 Å². The van der Waals surface area contributed by atoms with E-state index in [9.17, 15) is 9.59 Å². The van der Waals surface area contributed by atoms with Crippen molar-refractivity contribution in [2.45, 2.75) is 52.2 Å². The van der Waals surface area contributed by atoms with Gasteiger partial charge in [0.2, 0.25) is 11.8 Å². The average molecular weight is 421 g/mol. The third-order valence-electron chi connectivity index (χ3n) is 4.71. The van der Waals surface area contributed by atoms with E-state index in [4.69, 9.17) is 23.2 Å². The molecule has 0 saturated carbocycles. The van der Waals surface area contributed by atoms with Gasteiger partial charge < -0.3 is 10.2 Å². The zero-order valence-corrected chi connectivity index (χ0v) is 17.9. The van der Waals surface area contributed by atoms with E-state index in [1.807, 2.05) is 44.2 Å². The summed E-state index contributed by atoms with van der Waals surface area (Å²) in [5.74, 6) is -0.344. The second-order valence-electron chi connectivity index (χ2n) is 6.91. The van der Waals surface area contributed by atoms with Gasteiger partial charge in [0.25, 0.3) is 0 Å². The molecule has 2 atom stereocenters. The fourth-order valence-corrected chi connectivity index (χ4v) is 3.20. The number of rotatable bonds is 8. The smallest absolute Gasteiger partial charge is 0.242 e. The van der Waals surface area contributed by atoms with Crippen LogP contribution in [0.2, 0.25) is 10.0 Å². The zero-order chi connectivity index (χ0) is 20.7. The van der Waals surface area contributed by atoms with Crippen LogP contribution in [-0.4, -0.2) is 28.8 Å². The molecule has 0 saturated heterocycles. The molecule has 0 heterocycles. The molecule has 0 aliphatic rings. The summed E-state index contributed by atoms with van der Waals surface area (Å²) in [7, 11) is 0. The lowest BCUT2D eigenvalue weighted by Crippen LogP contribution is -2.49. The lowest BCUT2D eigenvalue weighted by Gasteiger charge is -2.30. The Morgan fingerprint density at radius 3 is 2.43 bits per heavy atom. The van der Waals surface area contributed by atoms with Crippen LogP contribution in [-0.2, 0) is 22.6 Å². The number of halogens is 2. The van der Waals surface area contributed by atoms with E-state index in [0.717, 1.165) is 17.5 Å². The molecule has 0 radical (unpaired) electrons. The summed E-state index contributed by atoms with van der Waals surface area (Å²) >= 11 is 12.3. The number of carbonyl (C=O) groups excluding carboxylic acids is 2. The Kier molecular flexibility index (Phi) is 8.34. The predicted molar refractivity (Wildman–Crippen MR) is 115 cm³/mol. The number of carbonyl (C=O) groups is 2. The summed E-state index contributed by atoms with van der Waals surface area (Å²) in [6.07, 6.45) is 0.946. The summed E-state index contributed by atoms with van der Waals surface area (Å²) in [6, 6.07) is 14.0. The van der Waals surface area contributed by atoms with Gasteiger partial charge in [-0.25, -0.2) is 0 Å². The molecule has 6 heteroatoms. The maximum absolute atomic E-state index is 13.1. The summed E-state index contributed by atoms with van der Waals surface area (Å²) in [4.78, 5) is 27.4. The second-order valence-corrected chi connectivity index (χ2v) is 7.76. The Balaban J connectivity index is 2.25. The molecule has 28 heavy (non-hydrogen) atoms. The first-order chi connectivity index (χ1) is 13.3. The third kappa shape index (κ3) is 6.25. The highest BCUT2D eigenvalue weighted by Crippen LogP contribution is 2.19. The van der Waals surface area contributed by atoms with Crippen LogP contribution in [0.3, 0.4) is 0 Å². The fraction of sp³-hybridized carbons (Fsp3) is 0.364. The Morgan fingerprint density at radius 1 is 1.07 bits per heavy atom. The zero-order valence-electron chi connectivity index (χ0n) is 16.4. The summed E-state index contributed by atoms with van der Waals surface area (Å²) < 4.78 is 0. The average Bonchev–Trinajstić information content (AvgIpc) is 2.67. The Bertz CT molecular complexity index is 826. The first-order valence-corrected chi connectivity index (χ1v) is 10.1. The van der Waals surface area contributed by atoms with Crippen LogP contribution in [0.4, 0.5) is 0 Å². The molecule has 0 aromatic heterocycles. The number of nitrogens with zero attached hydrogens (tertiary/aromatic N) is 1. The molecular formula is C22H26Cl2N2O2. The molecule has 0 fully saturated rings. The van der Waals surface area contributed by atoms with Crippen molar-refractivity contribution in [3.8, 4) is 0 Å². The van der Waals surface area contributed by atoms with Gasteiger partial charge in [-0.1, -0.05) is 60.5 Å². The van der Waals surface area contributed by atoms with E-state index < -0.39 is 6.04 Å². The number of hydrogen-bond donors (Lipinski definition) is 1. The normalized spacial score (nSPS) is 12.9. The Labute approximate surface area is 176 Å². The minimum Gasteiger partial charge on any atom is -0.352 e. The molecule has 150 valence electrons. The summed E-state index contributed by atoms with van der Waals surface area (Å²) in [6.45, 7) is 5.98. The highest BCUT2D eigenvalue weighted by atomic mass is 35.5. The van der Waals surface area contributed by atoms with Crippen LogP contribution in [0.1, 0.15) is 38.3 Å². The molecule has 0 bridgehead atoms. The van der Waals surface area contributed by atoms with Gasteiger partial charge in [-0.15, -0.1) is 0 Å². The Hall–Kier alpha value is -2.04. The Morgan fingerprint density at radius 2 is 1.79 bits per heavy atom. The van der Waals surface area contributed by atoms with Gasteiger partial charge in [0.05, 0.1) is 6.42 Å². The van der Waals surface area contributed by atoms with Gasteiger partial charge in [-0.05, 0) is 49.6 Å². The van der Waals surface area contributed by atoms with E-state index in [2.05, 4.69) is 5.32 Å². The number of nitrogens with one attached hydrogen (secondary N) is 1. The summed E-state index contributed by atoms with van der Waals surface area (Å²) in [5, 5.41) is 4.08. The first kappa shape index (κ1) is 22.3. The third-order valence-corrected chi connectivity index (χ3v) is 5.31. The maximum Gasteiger partial charge on any atom is 0.242 e. The van der Waals surface area contributed by atoms with E-state index in [1.54, 1.807) is 30.0 Å². The maximum atomic E-state index is 13.1. The molecule has 1 N–H and O–H groups in total. The quantitative estimate of drug-likeness (QED) is 0.661. The van der Waals surface area contributed by atoms with Crippen LogP contribution >= 0.6 is 23.2 Å². The molecule has 2 rings (SSSR count). The first-order valence-electron chi connectivity index (χ1n) is 9.39. The SMILES string of the molecule is CC[C@H](C)NC(=O)[C@@H](C)N(Cc1cccc(Cl)c1)C(=O)Cc1ccccc1Cl. The predicted octanol–water partition coefficient (Wildman–Crippen LogP) is 4.87. The molecule has 0 aliphatic heterocycles. The largest absolute Gasteiger partial charge is 0.352 e. The van der Waals surface area contributed by atoms with Crippen molar-refractivity contribution >= 4 is 35.0 Å². The van der Waals surface area contributed by atoms with E-state index in [-0.39, 0.29) is 24.3 Å². The van der Waals surface area contributed by atoms with Crippen LogP contribution in [0, 0.1) is 0 Å². The molecule has 2 aromatic carbocycles. The lowest BCUT2D eigenvalue weighted by atomic mass is 10.1. The van der Waals surface area contributed by atoms with Gasteiger partial charge in [0.1, 0.15) is 6.04 Å². The molecule has 4 nitrogen and oxygen atoms in total. The highest BCUT2D eigenvalue weighted by Gasteiger charge is 2.27. The molecular weight excluding hydrogens is 395 g/mol. The van der Waals surface area contributed by atoms with Crippen molar-refractivity contribution in [1.29, 1.82) is 0 Å². The summed E-state index contributed by atoms with van der Waals surface area (Å²) in [5.41, 5.74) is 1.60. The topological polar surface area (TPSA) is 49.4 Å². The van der Waals surface area contributed by atoms with Gasteiger partial charge in [-0.2, -0.15) is 0 Å². The standard InChI is InChI=1S/C22H26Cl2N2O2/c1-4-15(2)25-22(28)16(3)26(14-17-8-7-10-19(23)12-17)21(27)13-18-9-5-6-11-20(18)24/h5-12,15-16H,4,13-14H2,1-3H3,(H,25,28)/t15-,16+/m0/s1. The molecule has 2 amide bonds. The lowest BCUT2D eigenvalue weighted by molar-refractivity contribution is -0.140. The van der Waals surface area contributed by atoms with Crippen LogP contribution in [0.5, 0.6) is 0 Å². The van der Waals surface area contributed by atoms with Crippen molar-refractivity contribution in [2.75, 3.05) is 0 Å². The van der Waals surface area contributed by atoms with Crippen LogP contribution in [0.25, 0.3) is 0 Å².